The molecule has 21 heavy (non-hydrogen) atoms. The number of anilines is 1. The standard InChI is InChI=1S/C16H25N3O2/c1-2-3-13(17)12-16(21)19-10-8-18(9-11-19)14-4-6-15(20)7-5-14/h4-7,13,20H,2-3,8-12,17H2,1H3. The first-order valence-electron chi connectivity index (χ1n) is 7.67. The molecule has 1 saturated heterocycles. The highest BCUT2D eigenvalue weighted by Gasteiger charge is 2.22. The zero-order valence-corrected chi connectivity index (χ0v) is 12.7. The molecule has 116 valence electrons. The lowest BCUT2D eigenvalue weighted by Gasteiger charge is -2.36. The van der Waals surface area contributed by atoms with Crippen LogP contribution in [0.4, 0.5) is 5.69 Å². The second-order valence-corrected chi connectivity index (χ2v) is 5.64. The normalized spacial score (nSPS) is 16.9. The second kappa shape index (κ2) is 7.31. The van der Waals surface area contributed by atoms with Gasteiger partial charge in [0, 0.05) is 44.3 Å². The molecule has 1 amide bonds. The molecule has 0 radical (unpaired) electrons. The van der Waals surface area contributed by atoms with Crippen LogP contribution in [0.5, 0.6) is 5.75 Å². The average Bonchev–Trinajstić information content (AvgIpc) is 2.48. The van der Waals surface area contributed by atoms with Crippen molar-refractivity contribution in [3.8, 4) is 5.75 Å². The van der Waals surface area contributed by atoms with Crippen LogP contribution in [0, 0.1) is 0 Å². The number of benzene rings is 1. The van der Waals surface area contributed by atoms with Crippen LogP contribution in [-0.2, 0) is 4.79 Å². The van der Waals surface area contributed by atoms with Gasteiger partial charge in [-0.3, -0.25) is 4.79 Å². The summed E-state index contributed by atoms with van der Waals surface area (Å²) in [7, 11) is 0. The van der Waals surface area contributed by atoms with Gasteiger partial charge in [0.25, 0.3) is 0 Å². The van der Waals surface area contributed by atoms with E-state index in [4.69, 9.17) is 5.73 Å². The zero-order chi connectivity index (χ0) is 15.2. The maximum atomic E-state index is 12.2. The largest absolute Gasteiger partial charge is 0.508 e. The molecular formula is C16H25N3O2. The average molecular weight is 291 g/mol. The first-order valence-corrected chi connectivity index (χ1v) is 7.67. The summed E-state index contributed by atoms with van der Waals surface area (Å²) in [5, 5.41) is 9.31. The van der Waals surface area contributed by atoms with E-state index in [0.717, 1.165) is 44.7 Å². The first kappa shape index (κ1) is 15.6. The summed E-state index contributed by atoms with van der Waals surface area (Å²) in [6.45, 7) is 5.19. The molecule has 1 aromatic rings. The van der Waals surface area contributed by atoms with Gasteiger partial charge in [0.1, 0.15) is 5.75 Å². The Bertz CT molecular complexity index is 453. The predicted octanol–water partition coefficient (Wildman–Crippen LogP) is 1.56. The summed E-state index contributed by atoms with van der Waals surface area (Å²) in [5.74, 6) is 0.443. The summed E-state index contributed by atoms with van der Waals surface area (Å²) in [6, 6.07) is 7.18. The van der Waals surface area contributed by atoms with Crippen LogP contribution in [0.3, 0.4) is 0 Å². The van der Waals surface area contributed by atoms with Gasteiger partial charge in [0.05, 0.1) is 0 Å². The van der Waals surface area contributed by atoms with Crippen LogP contribution in [-0.4, -0.2) is 48.1 Å². The number of hydrogen-bond acceptors (Lipinski definition) is 4. The van der Waals surface area contributed by atoms with Crippen LogP contribution >= 0.6 is 0 Å². The summed E-state index contributed by atoms with van der Waals surface area (Å²) in [4.78, 5) is 16.3. The van der Waals surface area contributed by atoms with Gasteiger partial charge in [-0.2, -0.15) is 0 Å². The van der Waals surface area contributed by atoms with E-state index in [1.165, 1.54) is 0 Å². The molecular weight excluding hydrogens is 266 g/mol. The van der Waals surface area contributed by atoms with Crippen molar-refractivity contribution < 1.29 is 9.90 Å². The number of rotatable bonds is 5. The molecule has 0 bridgehead atoms. The number of phenols is 1. The smallest absolute Gasteiger partial charge is 0.224 e. The van der Waals surface area contributed by atoms with Gasteiger partial charge in [0.2, 0.25) is 5.91 Å². The molecule has 1 aliphatic heterocycles. The topological polar surface area (TPSA) is 69.8 Å². The molecule has 1 aromatic carbocycles. The van der Waals surface area contributed by atoms with Gasteiger partial charge in [-0.1, -0.05) is 13.3 Å². The van der Waals surface area contributed by atoms with Crippen LogP contribution in [0.2, 0.25) is 0 Å². The molecule has 3 N–H and O–H groups in total. The predicted molar refractivity (Wildman–Crippen MR) is 84.4 cm³/mol. The number of nitrogens with two attached hydrogens (primary N) is 1. The van der Waals surface area contributed by atoms with Gasteiger partial charge in [-0.25, -0.2) is 0 Å². The molecule has 1 fully saturated rings. The molecule has 0 aliphatic carbocycles. The Hall–Kier alpha value is -1.75. The minimum absolute atomic E-state index is 0.0161. The fraction of sp³-hybridized carbons (Fsp3) is 0.562. The highest BCUT2D eigenvalue weighted by Crippen LogP contribution is 2.20. The second-order valence-electron chi connectivity index (χ2n) is 5.64. The minimum Gasteiger partial charge on any atom is -0.508 e. The Morgan fingerprint density at radius 3 is 2.43 bits per heavy atom. The lowest BCUT2D eigenvalue weighted by molar-refractivity contribution is -0.131. The maximum absolute atomic E-state index is 12.2. The Morgan fingerprint density at radius 1 is 1.24 bits per heavy atom. The Morgan fingerprint density at radius 2 is 1.86 bits per heavy atom. The van der Waals surface area contributed by atoms with E-state index in [1.54, 1.807) is 12.1 Å². The Labute approximate surface area is 126 Å². The van der Waals surface area contributed by atoms with Crippen molar-refractivity contribution >= 4 is 11.6 Å². The van der Waals surface area contributed by atoms with Gasteiger partial charge in [-0.05, 0) is 30.7 Å². The molecule has 0 saturated carbocycles. The number of carbonyl (C=O) groups is 1. The molecule has 5 nitrogen and oxygen atoms in total. The fourth-order valence-electron chi connectivity index (χ4n) is 2.70. The quantitative estimate of drug-likeness (QED) is 0.864. The summed E-state index contributed by atoms with van der Waals surface area (Å²) < 4.78 is 0. The lowest BCUT2D eigenvalue weighted by Crippen LogP contribution is -2.49. The van der Waals surface area contributed by atoms with Crippen molar-refractivity contribution in [2.24, 2.45) is 5.73 Å². The molecule has 1 aliphatic rings. The van der Waals surface area contributed by atoms with E-state index in [0.29, 0.717) is 6.42 Å². The molecule has 1 heterocycles. The van der Waals surface area contributed by atoms with E-state index < -0.39 is 0 Å². The number of carbonyl (C=O) groups excluding carboxylic acids is 1. The highest BCUT2D eigenvalue weighted by atomic mass is 16.3. The van der Waals surface area contributed by atoms with Crippen LogP contribution < -0.4 is 10.6 Å². The monoisotopic (exact) mass is 291 g/mol. The molecule has 5 heteroatoms. The third-order valence-corrected chi connectivity index (χ3v) is 3.94. The summed E-state index contributed by atoms with van der Waals surface area (Å²) >= 11 is 0. The van der Waals surface area contributed by atoms with Gasteiger partial charge < -0.3 is 20.6 Å². The van der Waals surface area contributed by atoms with Gasteiger partial charge >= 0.3 is 0 Å². The highest BCUT2D eigenvalue weighted by molar-refractivity contribution is 5.77. The van der Waals surface area contributed by atoms with Crippen molar-refractivity contribution in [2.75, 3.05) is 31.1 Å². The number of piperazine rings is 1. The van der Waals surface area contributed by atoms with Crippen molar-refractivity contribution in [1.82, 2.24) is 4.90 Å². The molecule has 0 aromatic heterocycles. The van der Waals surface area contributed by atoms with Crippen molar-refractivity contribution in [3.05, 3.63) is 24.3 Å². The molecule has 1 unspecified atom stereocenters. The van der Waals surface area contributed by atoms with E-state index in [-0.39, 0.29) is 17.7 Å². The van der Waals surface area contributed by atoms with Crippen LogP contribution in [0.1, 0.15) is 26.2 Å². The van der Waals surface area contributed by atoms with Gasteiger partial charge in [-0.15, -0.1) is 0 Å². The third-order valence-electron chi connectivity index (χ3n) is 3.94. The number of hydrogen-bond donors (Lipinski definition) is 2. The van der Waals surface area contributed by atoms with Crippen molar-refractivity contribution in [2.45, 2.75) is 32.2 Å². The van der Waals surface area contributed by atoms with Crippen molar-refractivity contribution in [3.63, 3.8) is 0 Å². The van der Waals surface area contributed by atoms with E-state index >= 15 is 0 Å². The third kappa shape index (κ3) is 4.36. The van der Waals surface area contributed by atoms with E-state index in [1.807, 2.05) is 17.0 Å². The maximum Gasteiger partial charge on any atom is 0.224 e. The number of aromatic hydroxyl groups is 1. The molecule has 0 spiro atoms. The Kier molecular flexibility index (Phi) is 5.44. The van der Waals surface area contributed by atoms with E-state index in [2.05, 4.69) is 11.8 Å². The summed E-state index contributed by atoms with van der Waals surface area (Å²) in [5.41, 5.74) is 7.03. The van der Waals surface area contributed by atoms with Gasteiger partial charge in [0.15, 0.2) is 0 Å². The van der Waals surface area contributed by atoms with Crippen LogP contribution in [0.25, 0.3) is 0 Å². The minimum atomic E-state index is -0.0161. The SMILES string of the molecule is CCCC(N)CC(=O)N1CCN(c2ccc(O)cc2)CC1. The zero-order valence-electron chi connectivity index (χ0n) is 12.7. The fourth-order valence-corrected chi connectivity index (χ4v) is 2.70. The molecule has 1 atom stereocenters. The Balaban J connectivity index is 1.82. The first-order chi connectivity index (χ1) is 10.1. The number of nitrogens with zero attached hydrogens (tertiary/aromatic N) is 2. The number of amides is 1. The van der Waals surface area contributed by atoms with Crippen LogP contribution in [0.15, 0.2) is 24.3 Å². The van der Waals surface area contributed by atoms with Crippen molar-refractivity contribution in [1.29, 1.82) is 0 Å². The summed E-state index contributed by atoms with van der Waals surface area (Å²) in [6.07, 6.45) is 2.37. The lowest BCUT2D eigenvalue weighted by atomic mass is 10.1. The molecule has 2 rings (SSSR count). The van der Waals surface area contributed by atoms with E-state index in [9.17, 15) is 9.90 Å². The number of phenolic OH excluding ortho intramolecular Hbond substituents is 1.